The molecule has 3 heterocycles. The van der Waals surface area contributed by atoms with Crippen LogP contribution in [-0.2, 0) is 17.8 Å². The monoisotopic (exact) mass is 414 g/mol. The van der Waals surface area contributed by atoms with Gasteiger partial charge in [0.1, 0.15) is 4.83 Å². The van der Waals surface area contributed by atoms with Crippen LogP contribution in [0.25, 0.3) is 15.9 Å². The first-order chi connectivity index (χ1) is 13.6. The van der Waals surface area contributed by atoms with Crippen molar-refractivity contribution in [1.29, 1.82) is 0 Å². The van der Waals surface area contributed by atoms with Crippen molar-refractivity contribution >= 4 is 33.3 Å². The average molecular weight is 415 g/mol. The Kier molecular flexibility index (Phi) is 5.90. The van der Waals surface area contributed by atoms with Crippen LogP contribution in [0.5, 0.6) is 0 Å². The zero-order chi connectivity index (χ0) is 19.7. The summed E-state index contributed by atoms with van der Waals surface area (Å²) in [6.45, 7) is 7.11. The molecule has 2 aromatic heterocycles. The fourth-order valence-electron chi connectivity index (χ4n) is 3.55. The van der Waals surface area contributed by atoms with Crippen LogP contribution in [0.15, 0.2) is 40.3 Å². The van der Waals surface area contributed by atoms with Gasteiger partial charge in [-0.1, -0.05) is 57.2 Å². The maximum absolute atomic E-state index is 13.7. The minimum absolute atomic E-state index is 0.0529. The molecule has 0 N–H and O–H groups in total. The number of rotatable bonds is 6. The van der Waals surface area contributed by atoms with Crippen LogP contribution in [0.3, 0.4) is 0 Å². The standard InChI is InChI=1S/C22H26N2O2S2/c1-4-5-11-27-22-23-20-19(21(25)24(22)15-9-7-6-8-10-15)16-12-17(14(2)3)26-13-18(16)28-20/h6-10,14,17H,4-5,11-13H2,1-3H3/t17-/m0/s1. The molecule has 1 atom stereocenters. The Bertz CT molecular complexity index is 1020. The molecule has 28 heavy (non-hydrogen) atoms. The molecule has 148 valence electrons. The summed E-state index contributed by atoms with van der Waals surface area (Å²) in [6, 6.07) is 9.88. The molecule has 0 bridgehead atoms. The van der Waals surface area contributed by atoms with E-state index >= 15 is 0 Å². The number of para-hydroxylation sites is 1. The highest BCUT2D eigenvalue weighted by atomic mass is 32.2. The maximum atomic E-state index is 13.7. The van der Waals surface area contributed by atoms with Gasteiger partial charge in [-0.2, -0.15) is 0 Å². The van der Waals surface area contributed by atoms with Crippen molar-refractivity contribution in [2.24, 2.45) is 5.92 Å². The van der Waals surface area contributed by atoms with Crippen LogP contribution in [0.2, 0.25) is 0 Å². The Morgan fingerprint density at radius 3 is 2.82 bits per heavy atom. The molecule has 0 amide bonds. The van der Waals surface area contributed by atoms with E-state index in [1.807, 2.05) is 30.3 Å². The van der Waals surface area contributed by atoms with Crippen LogP contribution >= 0.6 is 23.1 Å². The van der Waals surface area contributed by atoms with E-state index < -0.39 is 0 Å². The normalized spacial score (nSPS) is 16.6. The van der Waals surface area contributed by atoms with E-state index in [2.05, 4.69) is 20.8 Å². The molecule has 0 fully saturated rings. The van der Waals surface area contributed by atoms with Crippen molar-refractivity contribution in [2.45, 2.75) is 57.9 Å². The van der Waals surface area contributed by atoms with Crippen molar-refractivity contribution in [3.05, 3.63) is 51.1 Å². The molecular weight excluding hydrogens is 388 g/mol. The molecule has 1 aliphatic rings. The number of ether oxygens (including phenoxy) is 1. The first-order valence-corrected chi connectivity index (χ1v) is 11.8. The molecule has 0 spiro atoms. The van der Waals surface area contributed by atoms with Crippen molar-refractivity contribution < 1.29 is 4.74 Å². The highest BCUT2D eigenvalue weighted by Crippen LogP contribution is 2.36. The maximum Gasteiger partial charge on any atom is 0.267 e. The van der Waals surface area contributed by atoms with E-state index in [1.54, 1.807) is 27.7 Å². The largest absolute Gasteiger partial charge is 0.372 e. The summed E-state index contributed by atoms with van der Waals surface area (Å²) in [5.41, 5.74) is 2.09. The summed E-state index contributed by atoms with van der Waals surface area (Å²) >= 11 is 3.30. The number of hydrogen-bond acceptors (Lipinski definition) is 5. The number of benzene rings is 1. The molecule has 1 aliphatic heterocycles. The summed E-state index contributed by atoms with van der Waals surface area (Å²) < 4.78 is 7.83. The number of nitrogens with zero attached hydrogens (tertiary/aromatic N) is 2. The number of aromatic nitrogens is 2. The molecule has 0 radical (unpaired) electrons. The number of thiophene rings is 1. The fraction of sp³-hybridized carbons (Fsp3) is 0.455. The van der Waals surface area contributed by atoms with E-state index in [1.165, 1.54) is 0 Å². The summed E-state index contributed by atoms with van der Waals surface area (Å²) in [5.74, 6) is 1.39. The van der Waals surface area contributed by atoms with Crippen molar-refractivity contribution in [3.8, 4) is 5.69 Å². The zero-order valence-electron chi connectivity index (χ0n) is 16.6. The molecule has 4 rings (SSSR count). The van der Waals surface area contributed by atoms with Gasteiger partial charge in [0.15, 0.2) is 5.16 Å². The lowest BCUT2D eigenvalue weighted by Gasteiger charge is -2.26. The van der Waals surface area contributed by atoms with Gasteiger partial charge >= 0.3 is 0 Å². The summed E-state index contributed by atoms with van der Waals surface area (Å²) in [6.07, 6.45) is 3.19. The summed E-state index contributed by atoms with van der Waals surface area (Å²) in [7, 11) is 0. The molecule has 0 saturated heterocycles. The lowest BCUT2D eigenvalue weighted by molar-refractivity contribution is 0.00200. The van der Waals surface area contributed by atoms with Crippen LogP contribution in [-0.4, -0.2) is 21.4 Å². The quantitative estimate of drug-likeness (QED) is 0.306. The third-order valence-corrected chi connectivity index (χ3v) is 7.32. The molecule has 1 aromatic carbocycles. The van der Waals surface area contributed by atoms with Crippen LogP contribution < -0.4 is 5.56 Å². The second kappa shape index (κ2) is 8.39. The molecule has 0 unspecified atom stereocenters. The van der Waals surface area contributed by atoms with Gasteiger partial charge in [0.25, 0.3) is 5.56 Å². The Hall–Kier alpha value is -1.63. The molecular formula is C22H26N2O2S2. The molecule has 0 aliphatic carbocycles. The smallest absolute Gasteiger partial charge is 0.267 e. The van der Waals surface area contributed by atoms with Crippen molar-refractivity contribution in [1.82, 2.24) is 9.55 Å². The fourth-order valence-corrected chi connectivity index (χ4v) is 5.81. The van der Waals surface area contributed by atoms with Crippen molar-refractivity contribution in [3.63, 3.8) is 0 Å². The lowest BCUT2D eigenvalue weighted by Crippen LogP contribution is -2.28. The van der Waals surface area contributed by atoms with E-state index in [-0.39, 0.29) is 11.7 Å². The van der Waals surface area contributed by atoms with E-state index in [0.29, 0.717) is 12.5 Å². The number of thioether (sulfide) groups is 1. The van der Waals surface area contributed by atoms with Gasteiger partial charge in [-0.05, 0) is 30.0 Å². The molecule has 6 heteroatoms. The van der Waals surface area contributed by atoms with Gasteiger partial charge in [0, 0.05) is 17.1 Å². The molecule has 4 nitrogen and oxygen atoms in total. The van der Waals surface area contributed by atoms with Crippen LogP contribution in [0.1, 0.15) is 44.1 Å². The van der Waals surface area contributed by atoms with Gasteiger partial charge < -0.3 is 4.74 Å². The topological polar surface area (TPSA) is 44.1 Å². The van der Waals surface area contributed by atoms with Crippen molar-refractivity contribution in [2.75, 3.05) is 5.75 Å². The Morgan fingerprint density at radius 2 is 2.11 bits per heavy atom. The van der Waals surface area contributed by atoms with Crippen LogP contribution in [0.4, 0.5) is 0 Å². The first-order valence-electron chi connectivity index (χ1n) is 9.97. The Balaban J connectivity index is 1.89. The molecule has 0 saturated carbocycles. The average Bonchev–Trinajstić information content (AvgIpc) is 3.06. The lowest BCUT2D eigenvalue weighted by atomic mass is 9.96. The highest BCUT2D eigenvalue weighted by molar-refractivity contribution is 7.99. The van der Waals surface area contributed by atoms with Gasteiger partial charge in [0.2, 0.25) is 0 Å². The second-order valence-corrected chi connectivity index (χ2v) is 9.70. The predicted octanol–water partition coefficient (Wildman–Crippen LogP) is 5.44. The minimum atomic E-state index is 0.0529. The molecule has 3 aromatic rings. The minimum Gasteiger partial charge on any atom is -0.372 e. The highest BCUT2D eigenvalue weighted by Gasteiger charge is 2.28. The van der Waals surface area contributed by atoms with E-state index in [9.17, 15) is 4.79 Å². The van der Waals surface area contributed by atoms with E-state index in [4.69, 9.17) is 9.72 Å². The Morgan fingerprint density at radius 1 is 1.32 bits per heavy atom. The Labute approximate surface area is 174 Å². The third-order valence-electron chi connectivity index (χ3n) is 5.20. The predicted molar refractivity (Wildman–Crippen MR) is 118 cm³/mol. The van der Waals surface area contributed by atoms with E-state index in [0.717, 1.165) is 56.5 Å². The van der Waals surface area contributed by atoms with Gasteiger partial charge in [-0.3, -0.25) is 9.36 Å². The van der Waals surface area contributed by atoms with Gasteiger partial charge in [-0.15, -0.1) is 11.3 Å². The number of hydrogen-bond donors (Lipinski definition) is 0. The number of unbranched alkanes of at least 4 members (excludes halogenated alkanes) is 1. The summed E-state index contributed by atoms with van der Waals surface area (Å²) in [4.78, 5) is 20.6. The summed E-state index contributed by atoms with van der Waals surface area (Å²) in [5, 5.41) is 1.58. The third kappa shape index (κ3) is 3.65. The van der Waals surface area contributed by atoms with Crippen LogP contribution in [0, 0.1) is 5.92 Å². The van der Waals surface area contributed by atoms with Gasteiger partial charge in [0.05, 0.1) is 23.8 Å². The second-order valence-electron chi connectivity index (χ2n) is 7.55. The van der Waals surface area contributed by atoms with Gasteiger partial charge in [-0.25, -0.2) is 4.98 Å². The first kappa shape index (κ1) is 19.7. The number of fused-ring (bicyclic) bond motifs is 3. The SMILES string of the molecule is CCCCSc1nc2sc3c(c2c(=O)n1-c1ccccc1)C[C@@H](C(C)C)OC3. The zero-order valence-corrected chi connectivity index (χ0v) is 18.2.